The van der Waals surface area contributed by atoms with Crippen molar-refractivity contribution in [2.75, 3.05) is 10.6 Å². The molecular weight excluding hydrogens is 354 g/mol. The van der Waals surface area contributed by atoms with Gasteiger partial charge >= 0.3 is 0 Å². The molecule has 116 valence electrons. The third-order valence-electron chi connectivity index (χ3n) is 3.32. The first-order valence-corrected chi connectivity index (χ1v) is 7.96. The van der Waals surface area contributed by atoms with Gasteiger partial charge in [0, 0.05) is 15.8 Å². The van der Waals surface area contributed by atoms with Gasteiger partial charge in [0.25, 0.3) is 0 Å². The molecule has 0 aliphatic rings. The predicted molar refractivity (Wildman–Crippen MR) is 96.5 cm³/mol. The van der Waals surface area contributed by atoms with Gasteiger partial charge in [-0.05, 0) is 55.3 Å². The Labute approximate surface area is 143 Å². The van der Waals surface area contributed by atoms with Crippen LogP contribution in [0.25, 0.3) is 0 Å². The third kappa shape index (κ3) is 4.04. The van der Waals surface area contributed by atoms with Crippen LogP contribution >= 0.6 is 15.9 Å². The molecule has 2 aromatic carbocycles. The van der Waals surface area contributed by atoms with Crippen molar-refractivity contribution in [3.05, 3.63) is 64.3 Å². The van der Waals surface area contributed by atoms with Crippen molar-refractivity contribution in [3.63, 3.8) is 0 Å². The van der Waals surface area contributed by atoms with Crippen molar-refractivity contribution >= 4 is 39.1 Å². The van der Waals surface area contributed by atoms with E-state index in [1.165, 1.54) is 5.56 Å². The van der Waals surface area contributed by atoms with Gasteiger partial charge in [-0.1, -0.05) is 28.1 Å². The molecule has 0 fully saturated rings. The van der Waals surface area contributed by atoms with Crippen molar-refractivity contribution in [2.45, 2.75) is 13.8 Å². The van der Waals surface area contributed by atoms with Gasteiger partial charge < -0.3 is 10.6 Å². The highest BCUT2D eigenvalue weighted by atomic mass is 79.9. The normalized spacial score (nSPS) is 10.4. The molecule has 0 unspecified atom stereocenters. The minimum absolute atomic E-state index is 0.459. The van der Waals surface area contributed by atoms with Crippen LogP contribution in [0.2, 0.25) is 0 Å². The first-order valence-electron chi connectivity index (χ1n) is 7.17. The zero-order valence-electron chi connectivity index (χ0n) is 12.8. The maximum absolute atomic E-state index is 4.45. The van der Waals surface area contributed by atoms with E-state index in [2.05, 4.69) is 66.9 Å². The summed E-state index contributed by atoms with van der Waals surface area (Å²) in [5, 5.41) is 14.5. The number of nitrogens with zero attached hydrogens (tertiary/aromatic N) is 3. The van der Waals surface area contributed by atoms with E-state index in [4.69, 9.17) is 0 Å². The van der Waals surface area contributed by atoms with Crippen LogP contribution in [0.5, 0.6) is 0 Å². The van der Waals surface area contributed by atoms with E-state index in [0.29, 0.717) is 11.8 Å². The Morgan fingerprint density at radius 2 is 1.74 bits per heavy atom. The van der Waals surface area contributed by atoms with Gasteiger partial charge in [-0.25, -0.2) is 0 Å². The van der Waals surface area contributed by atoms with E-state index in [1.807, 2.05) is 31.2 Å². The van der Waals surface area contributed by atoms with Crippen molar-refractivity contribution in [3.8, 4) is 0 Å². The summed E-state index contributed by atoms with van der Waals surface area (Å²) in [6.07, 6.45) is 1.59. The van der Waals surface area contributed by atoms with Crippen LogP contribution in [0.15, 0.2) is 53.1 Å². The van der Waals surface area contributed by atoms with Crippen LogP contribution in [0.1, 0.15) is 11.1 Å². The molecule has 0 spiro atoms. The van der Waals surface area contributed by atoms with E-state index >= 15 is 0 Å². The first kappa shape index (κ1) is 15.4. The van der Waals surface area contributed by atoms with Gasteiger partial charge in [0.15, 0.2) is 5.82 Å². The summed E-state index contributed by atoms with van der Waals surface area (Å²) in [6, 6.07) is 14.1. The Bertz CT molecular complexity index is 817. The number of benzene rings is 2. The second-order valence-electron chi connectivity index (χ2n) is 5.24. The third-order valence-corrected chi connectivity index (χ3v) is 3.84. The van der Waals surface area contributed by atoms with E-state index < -0.39 is 0 Å². The highest BCUT2D eigenvalue weighted by Gasteiger charge is 2.04. The number of anilines is 4. The lowest BCUT2D eigenvalue weighted by atomic mass is 10.1. The molecule has 6 heteroatoms. The van der Waals surface area contributed by atoms with Crippen molar-refractivity contribution < 1.29 is 0 Å². The van der Waals surface area contributed by atoms with E-state index in [0.717, 1.165) is 21.4 Å². The second kappa shape index (κ2) is 6.75. The molecule has 0 radical (unpaired) electrons. The van der Waals surface area contributed by atoms with E-state index in [1.54, 1.807) is 6.20 Å². The summed E-state index contributed by atoms with van der Waals surface area (Å²) >= 11 is 3.42. The lowest BCUT2D eigenvalue weighted by molar-refractivity contribution is 0.981. The average molecular weight is 370 g/mol. The fourth-order valence-corrected chi connectivity index (χ4v) is 2.35. The van der Waals surface area contributed by atoms with Crippen LogP contribution < -0.4 is 10.6 Å². The summed E-state index contributed by atoms with van der Waals surface area (Å²) in [4.78, 5) is 4.45. The van der Waals surface area contributed by atoms with Crippen LogP contribution in [-0.2, 0) is 0 Å². The van der Waals surface area contributed by atoms with Gasteiger partial charge in [0.05, 0.1) is 6.20 Å². The Morgan fingerprint density at radius 3 is 2.52 bits per heavy atom. The molecule has 3 aromatic rings. The summed E-state index contributed by atoms with van der Waals surface area (Å²) in [5.74, 6) is 1.09. The molecule has 1 heterocycles. The molecule has 0 saturated heterocycles. The number of halogens is 1. The number of aryl methyl sites for hydroxylation is 2. The quantitative estimate of drug-likeness (QED) is 0.695. The van der Waals surface area contributed by atoms with Gasteiger partial charge in [0.2, 0.25) is 5.95 Å². The molecule has 0 amide bonds. The van der Waals surface area contributed by atoms with Crippen molar-refractivity contribution in [1.82, 2.24) is 15.2 Å². The van der Waals surface area contributed by atoms with Gasteiger partial charge in [0.1, 0.15) is 0 Å². The predicted octanol–water partition coefficient (Wildman–Crippen LogP) is 4.74. The standard InChI is InChI=1S/C17H16BrN5/c1-11-3-4-12(2)15(9-11)21-17-22-16(10-19-23-17)20-14-7-5-13(18)6-8-14/h3-10H,1-2H3,(H2,20,21,22,23). The molecule has 0 aliphatic carbocycles. The van der Waals surface area contributed by atoms with Gasteiger partial charge in [-0.15, -0.1) is 5.10 Å². The number of rotatable bonds is 4. The summed E-state index contributed by atoms with van der Waals surface area (Å²) < 4.78 is 1.03. The molecule has 23 heavy (non-hydrogen) atoms. The summed E-state index contributed by atoms with van der Waals surface area (Å²) in [7, 11) is 0. The van der Waals surface area contributed by atoms with Gasteiger partial charge in [-0.2, -0.15) is 10.1 Å². The smallest absolute Gasteiger partial charge is 0.249 e. The molecule has 3 rings (SSSR count). The summed E-state index contributed by atoms with van der Waals surface area (Å²) in [5.41, 5.74) is 4.22. The molecule has 0 bridgehead atoms. The molecule has 2 N–H and O–H groups in total. The molecule has 0 saturated carbocycles. The topological polar surface area (TPSA) is 62.7 Å². The van der Waals surface area contributed by atoms with Gasteiger partial charge in [-0.3, -0.25) is 0 Å². The Morgan fingerprint density at radius 1 is 0.957 bits per heavy atom. The van der Waals surface area contributed by atoms with Crippen molar-refractivity contribution in [2.24, 2.45) is 0 Å². The lowest BCUT2D eigenvalue weighted by Gasteiger charge is -2.10. The largest absolute Gasteiger partial charge is 0.339 e. The molecule has 0 atom stereocenters. The Kier molecular flexibility index (Phi) is 4.52. The first-order chi connectivity index (χ1) is 11.1. The van der Waals surface area contributed by atoms with Crippen LogP contribution in [-0.4, -0.2) is 15.2 Å². The number of hydrogen-bond acceptors (Lipinski definition) is 5. The Hall–Kier alpha value is -2.47. The van der Waals surface area contributed by atoms with Crippen LogP contribution in [0, 0.1) is 13.8 Å². The summed E-state index contributed by atoms with van der Waals surface area (Å²) in [6.45, 7) is 4.09. The number of hydrogen-bond donors (Lipinski definition) is 2. The molecule has 1 aromatic heterocycles. The fourth-order valence-electron chi connectivity index (χ4n) is 2.09. The maximum Gasteiger partial charge on any atom is 0.249 e. The lowest BCUT2D eigenvalue weighted by Crippen LogP contribution is -2.03. The van der Waals surface area contributed by atoms with Crippen LogP contribution in [0.3, 0.4) is 0 Å². The number of aromatic nitrogens is 3. The zero-order chi connectivity index (χ0) is 16.2. The SMILES string of the molecule is Cc1ccc(C)c(Nc2nncc(Nc3ccc(Br)cc3)n2)c1. The molecular formula is C17H16BrN5. The zero-order valence-corrected chi connectivity index (χ0v) is 14.4. The number of nitrogens with one attached hydrogen (secondary N) is 2. The Balaban J connectivity index is 1.79. The highest BCUT2D eigenvalue weighted by Crippen LogP contribution is 2.21. The second-order valence-corrected chi connectivity index (χ2v) is 6.16. The minimum atomic E-state index is 0.459. The van der Waals surface area contributed by atoms with E-state index in [-0.39, 0.29) is 0 Å². The fraction of sp³-hybridized carbons (Fsp3) is 0.118. The van der Waals surface area contributed by atoms with Crippen LogP contribution in [0.4, 0.5) is 23.1 Å². The highest BCUT2D eigenvalue weighted by molar-refractivity contribution is 9.10. The van der Waals surface area contributed by atoms with E-state index in [9.17, 15) is 0 Å². The average Bonchev–Trinajstić information content (AvgIpc) is 2.54. The maximum atomic E-state index is 4.45. The monoisotopic (exact) mass is 369 g/mol. The molecule has 5 nitrogen and oxygen atoms in total. The van der Waals surface area contributed by atoms with Crippen molar-refractivity contribution in [1.29, 1.82) is 0 Å². The molecule has 0 aliphatic heterocycles. The minimum Gasteiger partial charge on any atom is -0.339 e.